The van der Waals surface area contributed by atoms with Crippen molar-refractivity contribution in [1.82, 2.24) is 14.9 Å². The van der Waals surface area contributed by atoms with E-state index < -0.39 is 0 Å². The number of nitrogens with one attached hydrogen (secondary N) is 1. The number of hydrogen-bond donors (Lipinski definition) is 1. The quantitative estimate of drug-likeness (QED) is 0.791. The topological polar surface area (TPSA) is 58.1 Å². The van der Waals surface area contributed by atoms with E-state index in [1.807, 2.05) is 17.9 Å². The number of aryl methyl sites for hydroxylation is 1. The Hall–Kier alpha value is -2.69. The number of carbonyl (C=O) groups is 1. The molecule has 0 atom stereocenters. The molecule has 5 heteroatoms. The fourth-order valence-electron chi connectivity index (χ4n) is 4.05. The molecule has 146 valence electrons. The van der Waals surface area contributed by atoms with Crippen molar-refractivity contribution in [2.45, 2.75) is 52.0 Å². The maximum Gasteiger partial charge on any atom is 0.272 e. The van der Waals surface area contributed by atoms with Crippen LogP contribution in [0.5, 0.6) is 0 Å². The van der Waals surface area contributed by atoms with Gasteiger partial charge < -0.3 is 10.2 Å². The summed E-state index contributed by atoms with van der Waals surface area (Å²) in [6, 6.07) is 10.1. The van der Waals surface area contributed by atoms with Gasteiger partial charge in [0.15, 0.2) is 0 Å². The molecule has 1 aliphatic carbocycles. The van der Waals surface area contributed by atoms with Crippen LogP contribution in [0.4, 0.5) is 5.95 Å². The lowest BCUT2D eigenvalue weighted by atomic mass is 9.97. The molecule has 0 fully saturated rings. The fraction of sp³-hybridized carbons (Fsp3) is 0.435. The van der Waals surface area contributed by atoms with Crippen LogP contribution < -0.4 is 5.32 Å². The molecule has 4 rings (SSSR count). The number of amides is 1. The third-order valence-corrected chi connectivity index (χ3v) is 5.61. The first-order valence-electron chi connectivity index (χ1n) is 10.3. The zero-order valence-corrected chi connectivity index (χ0v) is 16.6. The Kier molecular flexibility index (Phi) is 5.70. The van der Waals surface area contributed by atoms with E-state index in [0.29, 0.717) is 18.2 Å². The van der Waals surface area contributed by atoms with E-state index in [0.717, 1.165) is 31.6 Å². The summed E-state index contributed by atoms with van der Waals surface area (Å²) < 4.78 is 0. The molecule has 2 heterocycles. The minimum absolute atomic E-state index is 0.0157. The number of hydrogen-bond acceptors (Lipinski definition) is 4. The second-order valence-corrected chi connectivity index (χ2v) is 7.75. The first kappa shape index (κ1) is 18.7. The van der Waals surface area contributed by atoms with Gasteiger partial charge in [-0.3, -0.25) is 4.79 Å². The predicted octanol–water partition coefficient (Wildman–Crippen LogP) is 4.29. The summed E-state index contributed by atoms with van der Waals surface area (Å²) in [5.74, 6) is 0.537. The van der Waals surface area contributed by atoms with Crippen molar-refractivity contribution in [3.8, 4) is 0 Å². The van der Waals surface area contributed by atoms with E-state index in [1.54, 1.807) is 6.07 Å². The smallest absolute Gasteiger partial charge is 0.272 e. The largest absolute Gasteiger partial charge is 0.354 e. The SMILES string of the molecule is Cc1cc(C(=O)N2CCc3ccccc3C2)nc(NCCC2=CCCCC2)n1. The summed E-state index contributed by atoms with van der Waals surface area (Å²) in [6.07, 6.45) is 9.29. The van der Waals surface area contributed by atoms with E-state index in [1.165, 1.54) is 42.4 Å². The van der Waals surface area contributed by atoms with E-state index >= 15 is 0 Å². The molecule has 5 nitrogen and oxygen atoms in total. The summed E-state index contributed by atoms with van der Waals surface area (Å²) >= 11 is 0. The molecular weight excluding hydrogens is 348 g/mol. The van der Waals surface area contributed by atoms with Gasteiger partial charge in [-0.05, 0) is 62.6 Å². The lowest BCUT2D eigenvalue weighted by Gasteiger charge is -2.28. The van der Waals surface area contributed by atoms with Crippen LogP contribution in [-0.2, 0) is 13.0 Å². The Bertz CT molecular complexity index is 890. The van der Waals surface area contributed by atoms with Gasteiger partial charge >= 0.3 is 0 Å². The van der Waals surface area contributed by atoms with Gasteiger partial charge in [0.2, 0.25) is 5.95 Å². The van der Waals surface area contributed by atoms with Gasteiger partial charge in [-0.25, -0.2) is 9.97 Å². The van der Waals surface area contributed by atoms with E-state index in [-0.39, 0.29) is 5.91 Å². The third kappa shape index (κ3) is 4.41. The summed E-state index contributed by atoms with van der Waals surface area (Å²) in [5.41, 5.74) is 5.38. The van der Waals surface area contributed by atoms with Crippen molar-refractivity contribution in [1.29, 1.82) is 0 Å². The summed E-state index contributed by atoms with van der Waals surface area (Å²) in [5, 5.41) is 3.31. The van der Waals surface area contributed by atoms with E-state index in [9.17, 15) is 4.79 Å². The molecule has 0 bridgehead atoms. The average molecular weight is 377 g/mol. The monoisotopic (exact) mass is 376 g/mol. The molecular formula is C23H28N4O. The van der Waals surface area contributed by atoms with Gasteiger partial charge in [-0.1, -0.05) is 35.9 Å². The minimum Gasteiger partial charge on any atom is -0.354 e. The van der Waals surface area contributed by atoms with Crippen LogP contribution in [0.15, 0.2) is 42.0 Å². The minimum atomic E-state index is -0.0157. The molecule has 28 heavy (non-hydrogen) atoms. The van der Waals surface area contributed by atoms with Crippen LogP contribution in [0.25, 0.3) is 0 Å². The zero-order chi connectivity index (χ0) is 19.3. The molecule has 1 N–H and O–H groups in total. The van der Waals surface area contributed by atoms with Crippen molar-refractivity contribution in [3.05, 3.63) is 64.5 Å². The van der Waals surface area contributed by atoms with Crippen LogP contribution in [0.2, 0.25) is 0 Å². The molecule has 1 aliphatic heterocycles. The molecule has 0 saturated carbocycles. The van der Waals surface area contributed by atoms with Crippen LogP contribution in [0.1, 0.15) is 59.4 Å². The number of allylic oxidation sites excluding steroid dienone is 1. The number of rotatable bonds is 5. The Morgan fingerprint density at radius 2 is 2.00 bits per heavy atom. The highest BCUT2D eigenvalue weighted by Gasteiger charge is 2.23. The second-order valence-electron chi connectivity index (χ2n) is 7.75. The third-order valence-electron chi connectivity index (χ3n) is 5.61. The molecule has 2 aliphatic rings. The Morgan fingerprint density at radius 1 is 1.14 bits per heavy atom. The Morgan fingerprint density at radius 3 is 2.82 bits per heavy atom. The number of aromatic nitrogens is 2. The van der Waals surface area contributed by atoms with Gasteiger partial charge in [-0.15, -0.1) is 0 Å². The van der Waals surface area contributed by atoms with Crippen LogP contribution in [0.3, 0.4) is 0 Å². The van der Waals surface area contributed by atoms with Crippen molar-refractivity contribution in [3.63, 3.8) is 0 Å². The standard InChI is InChI=1S/C23H28N4O/c1-17-15-21(22(28)27-14-12-19-9-5-6-10-20(19)16-27)26-23(25-17)24-13-11-18-7-3-2-4-8-18/h5-7,9-10,15H,2-4,8,11-14,16H2,1H3,(H,24,25,26). The number of benzene rings is 1. The number of nitrogens with zero attached hydrogens (tertiary/aromatic N) is 3. The van der Waals surface area contributed by atoms with Gasteiger partial charge in [-0.2, -0.15) is 0 Å². The number of anilines is 1. The Labute approximate surface area is 166 Å². The molecule has 0 radical (unpaired) electrons. The van der Waals surface area contributed by atoms with Crippen LogP contribution in [0, 0.1) is 6.92 Å². The van der Waals surface area contributed by atoms with E-state index in [2.05, 4.69) is 39.6 Å². The molecule has 1 aromatic carbocycles. The maximum absolute atomic E-state index is 13.0. The molecule has 0 saturated heterocycles. The predicted molar refractivity (Wildman–Crippen MR) is 111 cm³/mol. The first-order chi connectivity index (χ1) is 13.7. The second kappa shape index (κ2) is 8.55. The zero-order valence-electron chi connectivity index (χ0n) is 16.6. The Balaban J connectivity index is 1.41. The molecule has 2 aromatic rings. The van der Waals surface area contributed by atoms with Crippen molar-refractivity contribution < 1.29 is 4.79 Å². The fourth-order valence-corrected chi connectivity index (χ4v) is 4.05. The van der Waals surface area contributed by atoms with Gasteiger partial charge in [0, 0.05) is 25.3 Å². The van der Waals surface area contributed by atoms with Crippen molar-refractivity contribution in [2.24, 2.45) is 0 Å². The lowest BCUT2D eigenvalue weighted by Crippen LogP contribution is -2.36. The average Bonchev–Trinajstić information content (AvgIpc) is 2.73. The summed E-state index contributed by atoms with van der Waals surface area (Å²) in [6.45, 7) is 4.10. The highest BCUT2D eigenvalue weighted by atomic mass is 16.2. The van der Waals surface area contributed by atoms with Gasteiger partial charge in [0.25, 0.3) is 5.91 Å². The molecule has 0 unspecified atom stereocenters. The number of carbonyl (C=O) groups excluding carboxylic acids is 1. The first-order valence-corrected chi connectivity index (χ1v) is 10.3. The van der Waals surface area contributed by atoms with Crippen LogP contribution in [-0.4, -0.2) is 33.9 Å². The number of fused-ring (bicyclic) bond motifs is 1. The van der Waals surface area contributed by atoms with Crippen LogP contribution >= 0.6 is 0 Å². The normalized spacial score (nSPS) is 16.3. The lowest BCUT2D eigenvalue weighted by molar-refractivity contribution is 0.0728. The van der Waals surface area contributed by atoms with Gasteiger partial charge in [0.1, 0.15) is 5.69 Å². The molecule has 1 amide bonds. The summed E-state index contributed by atoms with van der Waals surface area (Å²) in [7, 11) is 0. The van der Waals surface area contributed by atoms with Crippen molar-refractivity contribution in [2.75, 3.05) is 18.4 Å². The highest BCUT2D eigenvalue weighted by Crippen LogP contribution is 2.21. The molecule has 0 spiro atoms. The summed E-state index contributed by atoms with van der Waals surface area (Å²) in [4.78, 5) is 23.9. The highest BCUT2D eigenvalue weighted by molar-refractivity contribution is 5.92. The maximum atomic E-state index is 13.0. The molecule has 1 aromatic heterocycles. The van der Waals surface area contributed by atoms with Crippen molar-refractivity contribution >= 4 is 11.9 Å². The van der Waals surface area contributed by atoms with Gasteiger partial charge in [0.05, 0.1) is 0 Å². The van der Waals surface area contributed by atoms with E-state index in [4.69, 9.17) is 0 Å².